The van der Waals surface area contributed by atoms with Gasteiger partial charge in [-0.25, -0.2) is 10.1 Å². The number of carbonyl (C=O) groups is 2. The molecule has 3 heterocycles. The van der Waals surface area contributed by atoms with Crippen molar-refractivity contribution in [1.29, 1.82) is 0 Å². The highest BCUT2D eigenvalue weighted by Crippen LogP contribution is 2.35. The van der Waals surface area contributed by atoms with Crippen molar-refractivity contribution in [2.45, 2.75) is 75.7 Å². The second kappa shape index (κ2) is 18.3. The van der Waals surface area contributed by atoms with Crippen LogP contribution in [0.15, 0.2) is 72.0 Å². The quantitative estimate of drug-likeness (QED) is 0.0950. The summed E-state index contributed by atoms with van der Waals surface area (Å²) in [4.78, 5) is 29.3. The summed E-state index contributed by atoms with van der Waals surface area (Å²) in [5, 5.41) is 44.9. The highest BCUT2D eigenvalue weighted by atomic mass is 35.5. The van der Waals surface area contributed by atoms with Gasteiger partial charge in [0.05, 0.1) is 54.0 Å². The molecular formula is C39H43ClF3N7O8. The molecule has 2 aliphatic heterocycles. The number of aliphatic hydroxyl groups is 3. The average Bonchev–Trinajstić information content (AvgIpc) is 3.66. The lowest BCUT2D eigenvalue weighted by molar-refractivity contribution is -0.363. The Morgan fingerprint density at radius 1 is 1.07 bits per heavy atom. The van der Waals surface area contributed by atoms with Gasteiger partial charge in [-0.3, -0.25) is 9.59 Å². The molecule has 2 saturated heterocycles. The number of amides is 2. The van der Waals surface area contributed by atoms with Gasteiger partial charge in [-0.2, -0.15) is 18.3 Å². The predicted molar refractivity (Wildman–Crippen MR) is 206 cm³/mol. The Bertz CT molecular complexity index is 2120. The van der Waals surface area contributed by atoms with Gasteiger partial charge in [0.2, 0.25) is 0 Å². The van der Waals surface area contributed by atoms with Gasteiger partial charge in [0.15, 0.2) is 5.79 Å². The van der Waals surface area contributed by atoms with Crippen molar-refractivity contribution in [3.63, 3.8) is 0 Å². The van der Waals surface area contributed by atoms with Crippen molar-refractivity contribution in [2.24, 2.45) is 5.10 Å². The van der Waals surface area contributed by atoms with Crippen LogP contribution < -0.4 is 15.6 Å². The van der Waals surface area contributed by atoms with Gasteiger partial charge >= 0.3 is 6.18 Å². The number of hydrazone groups is 1. The van der Waals surface area contributed by atoms with Crippen LogP contribution in [0.1, 0.15) is 69.3 Å². The molecule has 5 N–H and O–H groups in total. The molecule has 6 rings (SSSR count). The molecule has 5 atom stereocenters. The maximum atomic E-state index is 13.6. The first-order valence-electron chi connectivity index (χ1n) is 18.4. The third-order valence-electron chi connectivity index (χ3n) is 9.90. The molecule has 5 unspecified atom stereocenters. The molecule has 3 aromatic carbocycles. The van der Waals surface area contributed by atoms with Crippen LogP contribution in [-0.4, -0.2) is 105 Å². The van der Waals surface area contributed by atoms with Crippen LogP contribution in [-0.2, 0) is 33.5 Å². The van der Waals surface area contributed by atoms with E-state index in [1.165, 1.54) is 24.8 Å². The third-order valence-corrected chi connectivity index (χ3v) is 10.2. The zero-order valence-corrected chi connectivity index (χ0v) is 32.3. The number of nitrogens with one attached hydrogen (secondary N) is 2. The van der Waals surface area contributed by atoms with E-state index >= 15 is 0 Å². The fraction of sp³-hybridized carbons (Fsp3) is 0.410. The van der Waals surface area contributed by atoms with E-state index in [0.29, 0.717) is 11.3 Å². The molecule has 0 spiro atoms. The summed E-state index contributed by atoms with van der Waals surface area (Å²) < 4.78 is 58.6. The Hall–Kier alpha value is -4.95. The molecule has 1 aromatic heterocycles. The number of halogens is 4. The number of hydrogen-bond donors (Lipinski definition) is 5. The highest BCUT2D eigenvalue weighted by molar-refractivity contribution is 6.31. The summed E-state index contributed by atoms with van der Waals surface area (Å²) in [6.45, 7) is 2.65. The molecule has 58 heavy (non-hydrogen) atoms. The maximum Gasteiger partial charge on any atom is 0.417 e. The third kappa shape index (κ3) is 10.0. The Morgan fingerprint density at radius 2 is 1.84 bits per heavy atom. The van der Waals surface area contributed by atoms with Gasteiger partial charge in [-0.15, -0.1) is 5.10 Å². The van der Waals surface area contributed by atoms with Crippen LogP contribution in [0.5, 0.6) is 0 Å². The summed E-state index contributed by atoms with van der Waals surface area (Å²) in [7, 11) is 1.33. The standard InChI is InChI=1S/C39H43ClF3N7O8/c1-38(35(56-2)34(53)33(52)32(21-51)58-38)57-22-26-20-50(48-46-26)19-24-7-6-8-25(15-24)36(54)45-31-12-10-27(49-13-4-3-5-14-49)17-28(31)37(55)47-44-18-23-9-11-30(40)29(16-23)39(41,42)43/h6-12,15-18,20,32-35,51-53H,3-5,13-14,19,21-22H2,1-2H3,(H,45,54)(H,47,55). The predicted octanol–water partition coefficient (Wildman–Crippen LogP) is 4.37. The molecule has 4 aromatic rings. The first-order chi connectivity index (χ1) is 27.7. The van der Waals surface area contributed by atoms with E-state index in [-0.39, 0.29) is 35.5 Å². The van der Waals surface area contributed by atoms with E-state index in [1.807, 2.05) is 6.07 Å². The fourth-order valence-electron chi connectivity index (χ4n) is 6.90. The smallest absolute Gasteiger partial charge is 0.394 e. The molecule has 2 aliphatic rings. The van der Waals surface area contributed by atoms with Gasteiger partial charge in [0, 0.05) is 31.5 Å². The van der Waals surface area contributed by atoms with E-state index in [4.69, 9.17) is 25.8 Å². The van der Waals surface area contributed by atoms with Crippen LogP contribution >= 0.6 is 11.6 Å². The number of piperidine rings is 1. The number of carbonyl (C=O) groups excluding carboxylic acids is 2. The Labute approximate surface area is 336 Å². The Kier molecular flexibility index (Phi) is 13.5. The number of nitrogens with zero attached hydrogens (tertiary/aromatic N) is 5. The normalized spacial score (nSPS) is 22.6. The lowest BCUT2D eigenvalue weighted by Crippen LogP contribution is -2.65. The van der Waals surface area contributed by atoms with Crippen molar-refractivity contribution in [2.75, 3.05) is 37.0 Å². The number of hydrogen-bond acceptors (Lipinski definition) is 12. The van der Waals surface area contributed by atoms with Gasteiger partial charge in [-0.05, 0) is 79.8 Å². The zero-order chi connectivity index (χ0) is 41.6. The molecule has 0 saturated carbocycles. The summed E-state index contributed by atoms with van der Waals surface area (Å²) in [6.07, 6.45) is -3.87. The lowest BCUT2D eigenvalue weighted by Gasteiger charge is -2.47. The van der Waals surface area contributed by atoms with Crippen LogP contribution in [0.3, 0.4) is 0 Å². The van der Waals surface area contributed by atoms with E-state index in [1.54, 1.807) is 42.6 Å². The van der Waals surface area contributed by atoms with Crippen molar-refractivity contribution >= 4 is 41.0 Å². The molecule has 2 fully saturated rings. The van der Waals surface area contributed by atoms with Crippen molar-refractivity contribution in [1.82, 2.24) is 20.4 Å². The van der Waals surface area contributed by atoms with Crippen LogP contribution in [0.25, 0.3) is 0 Å². The highest BCUT2D eigenvalue weighted by Gasteiger charge is 2.52. The maximum absolute atomic E-state index is 13.6. The summed E-state index contributed by atoms with van der Waals surface area (Å²) in [5.41, 5.74) is 3.81. The summed E-state index contributed by atoms with van der Waals surface area (Å²) in [5.74, 6) is -2.74. The number of anilines is 2. The number of aromatic nitrogens is 3. The molecule has 2 amide bonds. The second-order valence-electron chi connectivity index (χ2n) is 14.1. The van der Waals surface area contributed by atoms with Gasteiger partial charge in [0.25, 0.3) is 11.8 Å². The average molecular weight is 830 g/mol. The zero-order valence-electron chi connectivity index (χ0n) is 31.5. The van der Waals surface area contributed by atoms with Gasteiger partial charge in [-0.1, -0.05) is 35.0 Å². The summed E-state index contributed by atoms with van der Waals surface area (Å²) in [6, 6.07) is 15.1. The van der Waals surface area contributed by atoms with Crippen LogP contribution in [0.2, 0.25) is 5.02 Å². The van der Waals surface area contributed by atoms with Crippen molar-refractivity contribution in [3.8, 4) is 0 Å². The number of rotatable bonds is 13. The molecule has 310 valence electrons. The minimum Gasteiger partial charge on any atom is -0.394 e. The van der Waals surface area contributed by atoms with Crippen molar-refractivity contribution in [3.05, 3.63) is 105 Å². The fourth-order valence-corrected chi connectivity index (χ4v) is 7.12. The monoisotopic (exact) mass is 829 g/mol. The van der Waals surface area contributed by atoms with E-state index in [2.05, 4.69) is 31.1 Å². The molecule has 0 bridgehead atoms. The molecular weight excluding hydrogens is 787 g/mol. The van der Waals surface area contributed by atoms with Crippen LogP contribution in [0.4, 0.5) is 24.5 Å². The molecule has 15 nitrogen and oxygen atoms in total. The number of ether oxygens (including phenoxy) is 3. The van der Waals surface area contributed by atoms with Crippen LogP contribution in [0, 0.1) is 0 Å². The largest absolute Gasteiger partial charge is 0.417 e. The topological polar surface area (TPSA) is 193 Å². The SMILES string of the molecule is COC1C(O)C(O)C(CO)OC1(C)OCc1cn(Cc2cccc(C(=O)Nc3ccc(N4CCCCC4)cc3C(=O)NN=Cc3ccc(Cl)c(C(F)(F)F)c3)c2)nn1. The molecule has 0 aliphatic carbocycles. The number of aliphatic hydroxyl groups excluding tert-OH is 3. The van der Waals surface area contributed by atoms with E-state index < -0.39 is 65.4 Å². The molecule has 19 heteroatoms. The van der Waals surface area contributed by atoms with Crippen molar-refractivity contribution < 1.29 is 52.3 Å². The first kappa shape index (κ1) is 42.7. The minimum atomic E-state index is -4.68. The Morgan fingerprint density at radius 3 is 2.57 bits per heavy atom. The summed E-state index contributed by atoms with van der Waals surface area (Å²) >= 11 is 5.72. The Balaban J connectivity index is 1.14. The molecule has 0 radical (unpaired) electrons. The first-order valence-corrected chi connectivity index (χ1v) is 18.8. The number of benzene rings is 3. The number of methoxy groups -OCH3 is 1. The lowest BCUT2D eigenvalue weighted by atomic mass is 9.93. The number of alkyl halides is 3. The second-order valence-corrected chi connectivity index (χ2v) is 14.5. The van der Waals surface area contributed by atoms with E-state index in [0.717, 1.165) is 56.4 Å². The van der Waals surface area contributed by atoms with Gasteiger partial charge < -0.3 is 39.7 Å². The minimum absolute atomic E-state index is 0.0609. The van der Waals surface area contributed by atoms with E-state index in [9.17, 15) is 38.1 Å². The van der Waals surface area contributed by atoms with Gasteiger partial charge in [0.1, 0.15) is 30.1 Å².